The summed E-state index contributed by atoms with van der Waals surface area (Å²) >= 11 is 0. The Bertz CT molecular complexity index is 420. The Hall–Kier alpha value is -1.82. The minimum atomic E-state index is -0.283. The SMILES string of the molecule is CN1C(=O)CC(C#N)c2ccccc21. The van der Waals surface area contributed by atoms with Gasteiger partial charge in [0.05, 0.1) is 12.0 Å². The van der Waals surface area contributed by atoms with Gasteiger partial charge in [-0.15, -0.1) is 0 Å². The van der Waals surface area contributed by atoms with Crippen LogP contribution in [0.25, 0.3) is 0 Å². The number of nitriles is 1. The van der Waals surface area contributed by atoms with Crippen molar-refractivity contribution in [3.05, 3.63) is 29.8 Å². The van der Waals surface area contributed by atoms with Gasteiger partial charge < -0.3 is 4.90 Å². The van der Waals surface area contributed by atoms with Crippen molar-refractivity contribution in [2.24, 2.45) is 0 Å². The largest absolute Gasteiger partial charge is 0.315 e. The highest BCUT2D eigenvalue weighted by Gasteiger charge is 2.28. The predicted molar refractivity (Wildman–Crippen MR) is 52.8 cm³/mol. The fourth-order valence-corrected chi connectivity index (χ4v) is 1.76. The van der Waals surface area contributed by atoms with Crippen LogP contribution in [0.5, 0.6) is 0 Å². The van der Waals surface area contributed by atoms with Gasteiger partial charge in [-0.3, -0.25) is 4.79 Å². The third-order valence-electron chi connectivity index (χ3n) is 2.58. The zero-order chi connectivity index (χ0) is 10.1. The lowest BCUT2D eigenvalue weighted by molar-refractivity contribution is -0.118. The van der Waals surface area contributed by atoms with Crippen molar-refractivity contribution in [3.63, 3.8) is 0 Å². The van der Waals surface area contributed by atoms with Gasteiger partial charge in [0, 0.05) is 19.2 Å². The van der Waals surface area contributed by atoms with E-state index in [9.17, 15) is 4.79 Å². The van der Waals surface area contributed by atoms with Crippen LogP contribution in [0.4, 0.5) is 5.69 Å². The predicted octanol–water partition coefficient (Wildman–Crippen LogP) is 1.66. The Kier molecular flexibility index (Phi) is 1.97. The molecule has 0 radical (unpaired) electrons. The molecule has 0 saturated carbocycles. The van der Waals surface area contributed by atoms with Crippen LogP contribution in [0.15, 0.2) is 24.3 Å². The molecule has 70 valence electrons. The zero-order valence-corrected chi connectivity index (χ0v) is 7.90. The first-order chi connectivity index (χ1) is 6.74. The molecule has 0 spiro atoms. The molecule has 1 aliphatic heterocycles. The summed E-state index contributed by atoms with van der Waals surface area (Å²) in [5.41, 5.74) is 1.81. The van der Waals surface area contributed by atoms with E-state index in [-0.39, 0.29) is 11.8 Å². The molecule has 1 aliphatic rings. The smallest absolute Gasteiger partial charge is 0.228 e. The lowest BCUT2D eigenvalue weighted by atomic mass is 9.91. The Morgan fingerprint density at radius 3 is 2.93 bits per heavy atom. The fraction of sp³-hybridized carbons (Fsp3) is 0.273. The molecule has 1 atom stereocenters. The first-order valence-electron chi connectivity index (χ1n) is 4.49. The average Bonchev–Trinajstić information content (AvgIpc) is 2.23. The number of benzene rings is 1. The van der Waals surface area contributed by atoms with E-state index in [1.54, 1.807) is 11.9 Å². The van der Waals surface area contributed by atoms with Crippen LogP contribution in [0.1, 0.15) is 17.9 Å². The number of nitrogens with zero attached hydrogens (tertiary/aromatic N) is 2. The van der Waals surface area contributed by atoms with Crippen molar-refractivity contribution < 1.29 is 4.79 Å². The summed E-state index contributed by atoms with van der Waals surface area (Å²) in [4.78, 5) is 13.1. The van der Waals surface area contributed by atoms with Crippen LogP contribution in [0.3, 0.4) is 0 Å². The minimum absolute atomic E-state index is 0.00949. The second kappa shape index (κ2) is 3.15. The van der Waals surface area contributed by atoms with Crippen LogP contribution in [0.2, 0.25) is 0 Å². The minimum Gasteiger partial charge on any atom is -0.315 e. The van der Waals surface area contributed by atoms with Crippen LogP contribution in [0, 0.1) is 11.3 Å². The van der Waals surface area contributed by atoms with Gasteiger partial charge in [-0.2, -0.15) is 5.26 Å². The monoisotopic (exact) mass is 186 g/mol. The first-order valence-corrected chi connectivity index (χ1v) is 4.49. The fourth-order valence-electron chi connectivity index (χ4n) is 1.76. The standard InChI is InChI=1S/C11H10N2O/c1-13-10-5-3-2-4-9(10)8(7-12)6-11(13)14/h2-5,8H,6H2,1H3. The number of hydrogen-bond donors (Lipinski definition) is 0. The van der Waals surface area contributed by atoms with Crippen molar-refractivity contribution in [1.29, 1.82) is 5.26 Å². The summed E-state index contributed by atoms with van der Waals surface area (Å²) in [7, 11) is 1.74. The number of carbonyl (C=O) groups is 1. The molecule has 1 aromatic carbocycles. The summed E-state index contributed by atoms with van der Waals surface area (Å²) in [5.74, 6) is -0.273. The summed E-state index contributed by atoms with van der Waals surface area (Å²) in [6.07, 6.45) is 0.296. The molecule has 1 heterocycles. The quantitative estimate of drug-likeness (QED) is 0.618. The molecule has 0 saturated heterocycles. The van der Waals surface area contributed by atoms with Gasteiger partial charge in [0.25, 0.3) is 0 Å². The zero-order valence-electron chi connectivity index (χ0n) is 7.90. The number of carbonyl (C=O) groups excluding carboxylic acids is 1. The van der Waals surface area contributed by atoms with E-state index in [4.69, 9.17) is 5.26 Å². The molecular weight excluding hydrogens is 176 g/mol. The van der Waals surface area contributed by atoms with Gasteiger partial charge in [-0.1, -0.05) is 18.2 Å². The molecule has 14 heavy (non-hydrogen) atoms. The normalized spacial score (nSPS) is 20.1. The van der Waals surface area contributed by atoms with Crippen molar-refractivity contribution in [2.45, 2.75) is 12.3 Å². The molecule has 0 aliphatic carbocycles. The van der Waals surface area contributed by atoms with E-state index in [1.807, 2.05) is 24.3 Å². The molecule has 0 aromatic heterocycles. The molecule has 1 aromatic rings. The van der Waals surface area contributed by atoms with Crippen molar-refractivity contribution in [2.75, 3.05) is 11.9 Å². The third-order valence-corrected chi connectivity index (χ3v) is 2.58. The molecule has 3 heteroatoms. The van der Waals surface area contributed by atoms with Crippen molar-refractivity contribution in [3.8, 4) is 6.07 Å². The summed E-state index contributed by atoms with van der Waals surface area (Å²) in [6, 6.07) is 9.72. The van der Waals surface area contributed by atoms with E-state index in [1.165, 1.54) is 0 Å². The second-order valence-corrected chi connectivity index (χ2v) is 3.40. The maximum Gasteiger partial charge on any atom is 0.228 e. The van der Waals surface area contributed by atoms with E-state index in [0.717, 1.165) is 11.3 Å². The third kappa shape index (κ3) is 1.16. The van der Waals surface area contributed by atoms with Crippen LogP contribution in [-0.2, 0) is 4.79 Å². The van der Waals surface area contributed by atoms with Gasteiger partial charge >= 0.3 is 0 Å². The van der Waals surface area contributed by atoms with Crippen LogP contribution >= 0.6 is 0 Å². The lowest BCUT2D eigenvalue weighted by Crippen LogP contribution is -2.32. The Morgan fingerprint density at radius 1 is 1.50 bits per heavy atom. The number of anilines is 1. The van der Waals surface area contributed by atoms with Gasteiger partial charge in [0.1, 0.15) is 0 Å². The number of amides is 1. The summed E-state index contributed by atoms with van der Waals surface area (Å²) < 4.78 is 0. The maximum absolute atomic E-state index is 11.5. The molecule has 1 unspecified atom stereocenters. The average molecular weight is 186 g/mol. The number of para-hydroxylation sites is 1. The molecule has 0 fully saturated rings. The first kappa shape index (κ1) is 8.76. The van der Waals surface area contributed by atoms with Gasteiger partial charge in [-0.25, -0.2) is 0 Å². The van der Waals surface area contributed by atoms with Gasteiger partial charge in [-0.05, 0) is 11.6 Å². The topological polar surface area (TPSA) is 44.1 Å². The molecule has 3 nitrogen and oxygen atoms in total. The van der Waals surface area contributed by atoms with E-state index < -0.39 is 0 Å². The molecular formula is C11H10N2O. The summed E-state index contributed by atoms with van der Waals surface area (Å²) in [5, 5.41) is 8.92. The molecule has 1 amide bonds. The van der Waals surface area contributed by atoms with E-state index >= 15 is 0 Å². The Morgan fingerprint density at radius 2 is 2.21 bits per heavy atom. The lowest BCUT2D eigenvalue weighted by Gasteiger charge is -2.28. The molecule has 0 bridgehead atoms. The van der Waals surface area contributed by atoms with Crippen molar-refractivity contribution >= 4 is 11.6 Å². The molecule has 2 rings (SSSR count). The Labute approximate surface area is 82.6 Å². The highest BCUT2D eigenvalue weighted by molar-refractivity contribution is 5.97. The highest BCUT2D eigenvalue weighted by atomic mass is 16.2. The van der Waals surface area contributed by atoms with Crippen LogP contribution < -0.4 is 4.90 Å². The summed E-state index contributed by atoms with van der Waals surface area (Å²) in [6.45, 7) is 0. The molecule has 0 N–H and O–H groups in total. The maximum atomic E-state index is 11.5. The van der Waals surface area contributed by atoms with Gasteiger partial charge in [0.15, 0.2) is 0 Å². The number of fused-ring (bicyclic) bond motifs is 1. The second-order valence-electron chi connectivity index (χ2n) is 3.40. The highest BCUT2D eigenvalue weighted by Crippen LogP contribution is 2.34. The van der Waals surface area contributed by atoms with E-state index in [0.29, 0.717) is 6.42 Å². The van der Waals surface area contributed by atoms with Crippen LogP contribution in [-0.4, -0.2) is 13.0 Å². The van der Waals surface area contributed by atoms with E-state index in [2.05, 4.69) is 6.07 Å². The van der Waals surface area contributed by atoms with Gasteiger partial charge in [0.2, 0.25) is 5.91 Å². The van der Waals surface area contributed by atoms with Crippen molar-refractivity contribution in [1.82, 2.24) is 0 Å². The Balaban J connectivity index is 2.56. The number of hydrogen-bond acceptors (Lipinski definition) is 2. The number of rotatable bonds is 0.